The summed E-state index contributed by atoms with van der Waals surface area (Å²) >= 11 is 1.71. The van der Waals surface area contributed by atoms with Gasteiger partial charge in [0.25, 0.3) is 0 Å². The van der Waals surface area contributed by atoms with E-state index in [4.69, 9.17) is 0 Å². The summed E-state index contributed by atoms with van der Waals surface area (Å²) in [5.74, 6) is 0.889. The summed E-state index contributed by atoms with van der Waals surface area (Å²) in [7, 11) is 0. The molecular weight excluding hydrogens is 272 g/mol. The van der Waals surface area contributed by atoms with Crippen LogP contribution in [0.1, 0.15) is 24.1 Å². The maximum Gasteiger partial charge on any atom is 0.318 e. The van der Waals surface area contributed by atoms with Gasteiger partial charge in [-0.1, -0.05) is 24.3 Å². The van der Waals surface area contributed by atoms with Crippen molar-refractivity contribution in [2.24, 2.45) is 0 Å². The number of hydrogen-bond acceptors (Lipinski definition) is 3. The number of amides is 2. The first-order chi connectivity index (χ1) is 9.67. The number of carbonyl (C=O) groups is 1. The van der Waals surface area contributed by atoms with Gasteiger partial charge in [0.1, 0.15) is 0 Å². The van der Waals surface area contributed by atoms with Crippen LogP contribution < -0.4 is 5.32 Å². The van der Waals surface area contributed by atoms with Gasteiger partial charge >= 0.3 is 6.03 Å². The van der Waals surface area contributed by atoms with Gasteiger partial charge in [-0.3, -0.25) is 0 Å². The zero-order valence-corrected chi connectivity index (χ0v) is 12.8. The van der Waals surface area contributed by atoms with Crippen LogP contribution in [0.15, 0.2) is 24.3 Å². The van der Waals surface area contributed by atoms with E-state index >= 15 is 0 Å². The zero-order valence-electron chi connectivity index (χ0n) is 12.0. The highest BCUT2D eigenvalue weighted by Gasteiger charge is 2.30. The van der Waals surface area contributed by atoms with Crippen molar-refractivity contribution in [2.45, 2.75) is 25.4 Å². The minimum absolute atomic E-state index is 0.0403. The van der Waals surface area contributed by atoms with Crippen LogP contribution in [0.4, 0.5) is 4.79 Å². The maximum atomic E-state index is 12.4. The van der Waals surface area contributed by atoms with E-state index < -0.39 is 0 Å². The lowest BCUT2D eigenvalue weighted by Crippen LogP contribution is -2.49. The molecule has 110 valence electrons. The van der Waals surface area contributed by atoms with Crippen LogP contribution in [-0.4, -0.2) is 47.2 Å². The minimum atomic E-state index is -0.235. The summed E-state index contributed by atoms with van der Waals surface area (Å²) in [6.07, 6.45) is 2.87. The van der Waals surface area contributed by atoms with Crippen LogP contribution in [0, 0.1) is 0 Å². The summed E-state index contributed by atoms with van der Waals surface area (Å²) < 4.78 is 0. The molecule has 2 rings (SSSR count). The molecule has 1 aliphatic rings. The molecule has 1 aliphatic heterocycles. The van der Waals surface area contributed by atoms with Gasteiger partial charge in [-0.25, -0.2) is 4.79 Å². The third kappa shape index (κ3) is 3.27. The second-order valence-electron chi connectivity index (χ2n) is 5.15. The normalized spacial score (nSPS) is 19.4. The number of aliphatic hydroxyl groups excluding tert-OH is 1. The average molecular weight is 294 g/mol. The van der Waals surface area contributed by atoms with Gasteiger partial charge in [-0.2, -0.15) is 11.8 Å². The molecule has 4 nitrogen and oxygen atoms in total. The van der Waals surface area contributed by atoms with E-state index in [2.05, 4.69) is 11.4 Å². The molecule has 0 saturated carbocycles. The van der Waals surface area contributed by atoms with Crippen molar-refractivity contribution in [1.29, 1.82) is 0 Å². The van der Waals surface area contributed by atoms with Crippen LogP contribution in [0.3, 0.4) is 0 Å². The minimum Gasteiger partial charge on any atom is -0.394 e. The number of aliphatic hydroxyl groups is 1. The van der Waals surface area contributed by atoms with Crippen molar-refractivity contribution in [3.8, 4) is 0 Å². The fourth-order valence-electron chi connectivity index (χ4n) is 2.68. The van der Waals surface area contributed by atoms with E-state index in [9.17, 15) is 9.90 Å². The lowest BCUT2D eigenvalue weighted by atomic mass is 9.93. The molecule has 0 unspecified atom stereocenters. The second kappa shape index (κ2) is 6.99. The highest BCUT2D eigenvalue weighted by molar-refractivity contribution is 7.98. The van der Waals surface area contributed by atoms with Crippen molar-refractivity contribution < 1.29 is 9.90 Å². The molecule has 0 aromatic heterocycles. The highest BCUT2D eigenvalue weighted by atomic mass is 32.2. The summed E-state index contributed by atoms with van der Waals surface area (Å²) in [4.78, 5) is 14.1. The largest absolute Gasteiger partial charge is 0.394 e. The molecule has 2 atom stereocenters. The number of fused-ring (bicyclic) bond motifs is 1. The predicted molar refractivity (Wildman–Crippen MR) is 83.1 cm³/mol. The molecular formula is C15H22N2O2S. The zero-order chi connectivity index (χ0) is 14.5. The Balaban J connectivity index is 2.11. The summed E-state index contributed by atoms with van der Waals surface area (Å²) in [5, 5.41) is 12.7. The van der Waals surface area contributed by atoms with Crippen molar-refractivity contribution in [2.75, 3.05) is 25.2 Å². The average Bonchev–Trinajstić information content (AvgIpc) is 2.46. The van der Waals surface area contributed by atoms with E-state index in [1.165, 1.54) is 5.56 Å². The number of thioether (sulfide) groups is 1. The molecule has 2 amide bonds. The molecule has 1 aromatic rings. The molecule has 0 fully saturated rings. The Bertz CT molecular complexity index is 467. The number of nitrogens with one attached hydrogen (secondary N) is 1. The summed E-state index contributed by atoms with van der Waals surface area (Å²) in [6.45, 7) is 2.61. The highest BCUT2D eigenvalue weighted by Crippen LogP contribution is 2.29. The van der Waals surface area contributed by atoms with Gasteiger partial charge in [-0.15, -0.1) is 0 Å². The molecule has 0 saturated heterocycles. The van der Waals surface area contributed by atoms with E-state index in [0.29, 0.717) is 6.54 Å². The quantitative estimate of drug-likeness (QED) is 0.893. The number of nitrogens with zero attached hydrogens (tertiary/aromatic N) is 1. The van der Waals surface area contributed by atoms with Crippen LogP contribution in [0.25, 0.3) is 0 Å². The molecule has 0 bridgehead atoms. The Morgan fingerprint density at radius 3 is 3.00 bits per heavy atom. The van der Waals surface area contributed by atoms with Gasteiger partial charge < -0.3 is 15.3 Å². The molecule has 20 heavy (non-hydrogen) atoms. The summed E-state index contributed by atoms with van der Waals surface area (Å²) in [5.41, 5.74) is 2.29. The molecule has 1 aromatic carbocycles. The fourth-order valence-corrected chi connectivity index (χ4v) is 3.26. The van der Waals surface area contributed by atoms with Gasteiger partial charge in [0.15, 0.2) is 0 Å². The van der Waals surface area contributed by atoms with Gasteiger partial charge in [0.2, 0.25) is 0 Å². The third-order valence-corrected chi connectivity index (χ3v) is 4.47. The van der Waals surface area contributed by atoms with Crippen molar-refractivity contribution in [3.63, 3.8) is 0 Å². The molecule has 0 aliphatic carbocycles. The number of benzene rings is 1. The Morgan fingerprint density at radius 2 is 2.30 bits per heavy atom. The van der Waals surface area contributed by atoms with Crippen molar-refractivity contribution >= 4 is 17.8 Å². The molecule has 0 radical (unpaired) electrons. The molecule has 5 heteroatoms. The van der Waals surface area contributed by atoms with Crippen LogP contribution >= 0.6 is 11.8 Å². The maximum absolute atomic E-state index is 12.4. The Morgan fingerprint density at radius 1 is 1.55 bits per heavy atom. The van der Waals surface area contributed by atoms with E-state index in [1.54, 1.807) is 16.7 Å². The summed E-state index contributed by atoms with van der Waals surface area (Å²) in [6, 6.07) is 7.85. The Labute approximate surface area is 124 Å². The van der Waals surface area contributed by atoms with Gasteiger partial charge in [0, 0.05) is 18.3 Å². The predicted octanol–water partition coefficient (Wildman–Crippen LogP) is 2.04. The van der Waals surface area contributed by atoms with E-state index in [1.807, 2.05) is 31.4 Å². The molecule has 2 N–H and O–H groups in total. The first-order valence-electron chi connectivity index (χ1n) is 6.92. The van der Waals surface area contributed by atoms with Crippen molar-refractivity contribution in [3.05, 3.63) is 35.4 Å². The monoisotopic (exact) mass is 294 g/mol. The number of hydrogen-bond donors (Lipinski definition) is 2. The van der Waals surface area contributed by atoms with E-state index in [-0.39, 0.29) is 24.7 Å². The number of carbonyl (C=O) groups excluding carboxylic acids is 1. The first kappa shape index (κ1) is 15.2. The molecule has 1 heterocycles. The standard InChI is InChI=1S/C15H22N2O2S/c1-11(10-20-2)16-15(19)17-8-7-12-5-3-4-6-13(12)14(17)9-18/h3-6,11,14,18H,7-10H2,1-2H3,(H,16,19)/t11-,14-/m0/s1. The SMILES string of the molecule is CSC[C@H](C)NC(=O)N1CCc2ccccc2[C@@H]1CO. The lowest BCUT2D eigenvalue weighted by molar-refractivity contribution is 0.125. The fraction of sp³-hybridized carbons (Fsp3) is 0.533. The Hall–Kier alpha value is -1.20. The topological polar surface area (TPSA) is 52.6 Å². The number of rotatable bonds is 4. The second-order valence-corrected chi connectivity index (χ2v) is 6.06. The van der Waals surface area contributed by atoms with Gasteiger partial charge in [-0.05, 0) is 30.7 Å². The Kier molecular flexibility index (Phi) is 5.31. The molecule has 0 spiro atoms. The smallest absolute Gasteiger partial charge is 0.318 e. The van der Waals surface area contributed by atoms with E-state index in [0.717, 1.165) is 17.7 Å². The van der Waals surface area contributed by atoms with Crippen LogP contribution in [-0.2, 0) is 6.42 Å². The first-order valence-corrected chi connectivity index (χ1v) is 8.31. The third-order valence-electron chi connectivity index (χ3n) is 3.63. The van der Waals surface area contributed by atoms with Crippen molar-refractivity contribution in [1.82, 2.24) is 10.2 Å². The van der Waals surface area contributed by atoms with Gasteiger partial charge in [0.05, 0.1) is 12.6 Å². The number of urea groups is 1. The van der Waals surface area contributed by atoms with Crippen LogP contribution in [0.2, 0.25) is 0 Å². The van der Waals surface area contributed by atoms with Crippen LogP contribution in [0.5, 0.6) is 0 Å². The lowest BCUT2D eigenvalue weighted by Gasteiger charge is -2.37.